The number of methoxy groups -OCH3 is 2. The van der Waals surface area contributed by atoms with Crippen molar-refractivity contribution in [2.45, 2.75) is 49.8 Å². The van der Waals surface area contributed by atoms with E-state index in [1.165, 1.54) is 43.5 Å². The SMILES string of the molecule is COC(=O)C1=COC(O[C@@H]2O[C@H](CO)[C@@H](O)[C@H](O)[C@H]2O)/C(=C\COC(=O)c2ccc(O)c(OC)c2)C1CC(=O)OCCc1ccc(O)cc1. The maximum absolute atomic E-state index is 13.1. The third kappa shape index (κ3) is 9.26. The predicted octanol–water partition coefficient (Wildman–Crippen LogP) is 0.212. The van der Waals surface area contributed by atoms with Crippen molar-refractivity contribution >= 4 is 17.9 Å². The molecule has 0 saturated carbocycles. The second kappa shape index (κ2) is 17.1. The van der Waals surface area contributed by atoms with E-state index in [9.17, 15) is 45.0 Å². The molecule has 2 aliphatic rings. The first kappa shape index (κ1) is 37.1. The zero-order chi connectivity index (χ0) is 35.7. The lowest BCUT2D eigenvalue weighted by Crippen LogP contribution is -2.60. The average molecular weight is 691 g/mol. The number of rotatable bonds is 13. The Kier molecular flexibility index (Phi) is 13.0. The molecule has 2 aromatic carbocycles. The minimum atomic E-state index is -1.82. The fourth-order valence-corrected chi connectivity index (χ4v) is 5.10. The van der Waals surface area contributed by atoms with Crippen molar-refractivity contribution in [3.63, 3.8) is 0 Å². The van der Waals surface area contributed by atoms with Gasteiger partial charge in [-0.2, -0.15) is 0 Å². The topological polar surface area (TPSA) is 237 Å². The fraction of sp³-hybridized carbons (Fsp3) is 0.424. The molecule has 0 radical (unpaired) electrons. The second-order valence-corrected chi connectivity index (χ2v) is 10.9. The maximum atomic E-state index is 13.1. The first-order valence-electron chi connectivity index (χ1n) is 15.0. The molecule has 0 spiro atoms. The van der Waals surface area contributed by atoms with E-state index in [2.05, 4.69) is 0 Å². The molecule has 1 fully saturated rings. The summed E-state index contributed by atoms with van der Waals surface area (Å²) in [4.78, 5) is 38.7. The molecule has 16 heteroatoms. The van der Waals surface area contributed by atoms with Gasteiger partial charge in [-0.25, -0.2) is 9.59 Å². The molecule has 49 heavy (non-hydrogen) atoms. The second-order valence-electron chi connectivity index (χ2n) is 10.9. The summed E-state index contributed by atoms with van der Waals surface area (Å²) in [7, 11) is 2.42. The van der Waals surface area contributed by atoms with Crippen LogP contribution in [0.15, 0.2) is 65.9 Å². The van der Waals surface area contributed by atoms with Crippen LogP contribution in [-0.2, 0) is 44.4 Å². The van der Waals surface area contributed by atoms with Crippen LogP contribution in [0, 0.1) is 5.92 Å². The highest BCUT2D eigenvalue weighted by molar-refractivity contribution is 5.91. The number of phenols is 2. The molecule has 6 N–H and O–H groups in total. The molecule has 0 aromatic heterocycles. The minimum Gasteiger partial charge on any atom is -0.508 e. The zero-order valence-corrected chi connectivity index (χ0v) is 26.5. The van der Waals surface area contributed by atoms with Crippen molar-refractivity contribution in [1.29, 1.82) is 0 Å². The number of carbonyl (C=O) groups excluding carboxylic acids is 3. The molecule has 2 aliphatic heterocycles. The number of benzene rings is 2. The quantitative estimate of drug-likeness (QED) is 0.0936. The number of hydrogen-bond acceptors (Lipinski definition) is 16. The molecule has 0 bridgehead atoms. The van der Waals surface area contributed by atoms with Gasteiger partial charge >= 0.3 is 17.9 Å². The lowest BCUT2D eigenvalue weighted by molar-refractivity contribution is -0.327. The molecule has 16 nitrogen and oxygen atoms in total. The van der Waals surface area contributed by atoms with E-state index < -0.39 is 80.5 Å². The van der Waals surface area contributed by atoms with Crippen LogP contribution < -0.4 is 4.74 Å². The van der Waals surface area contributed by atoms with Gasteiger partial charge in [0.2, 0.25) is 6.29 Å². The number of hydrogen-bond donors (Lipinski definition) is 6. The Bertz CT molecular complexity index is 1520. The number of aliphatic hydroxyl groups excluding tert-OH is 4. The summed E-state index contributed by atoms with van der Waals surface area (Å²) in [6.07, 6.45) is -7.64. The Morgan fingerprint density at radius 3 is 2.33 bits per heavy atom. The molecule has 2 unspecified atom stereocenters. The van der Waals surface area contributed by atoms with E-state index >= 15 is 0 Å². The molecule has 0 amide bonds. The Morgan fingerprint density at radius 2 is 1.65 bits per heavy atom. The van der Waals surface area contributed by atoms with E-state index in [0.29, 0.717) is 6.42 Å². The Labute approximate surface area is 280 Å². The normalized spacial score (nSPS) is 25.9. The van der Waals surface area contributed by atoms with Crippen molar-refractivity contribution in [2.24, 2.45) is 5.92 Å². The van der Waals surface area contributed by atoms with Crippen molar-refractivity contribution in [3.05, 3.63) is 77.1 Å². The monoisotopic (exact) mass is 690 g/mol. The molecular weight excluding hydrogens is 652 g/mol. The molecule has 2 aromatic rings. The van der Waals surface area contributed by atoms with Gasteiger partial charge in [0.1, 0.15) is 36.8 Å². The highest BCUT2D eigenvalue weighted by Gasteiger charge is 2.47. The lowest BCUT2D eigenvalue weighted by Gasteiger charge is -2.42. The lowest BCUT2D eigenvalue weighted by atomic mass is 9.86. The zero-order valence-electron chi connectivity index (χ0n) is 26.5. The smallest absolute Gasteiger partial charge is 0.338 e. The van der Waals surface area contributed by atoms with Gasteiger partial charge in [0.15, 0.2) is 17.8 Å². The third-order valence-electron chi connectivity index (χ3n) is 7.81. The molecule has 0 aliphatic carbocycles. The molecule has 266 valence electrons. The van der Waals surface area contributed by atoms with Gasteiger partial charge in [0.25, 0.3) is 0 Å². The van der Waals surface area contributed by atoms with Crippen LogP contribution in [0.5, 0.6) is 17.2 Å². The van der Waals surface area contributed by atoms with Crippen LogP contribution >= 0.6 is 0 Å². The number of phenolic OH excluding ortho intramolecular Hbond substituents is 2. The molecular formula is C33H38O16. The van der Waals surface area contributed by atoms with Crippen LogP contribution in [-0.4, -0.2) is 120 Å². The first-order valence-corrected chi connectivity index (χ1v) is 15.0. The van der Waals surface area contributed by atoms with Gasteiger partial charge in [-0.05, 0) is 42.0 Å². The summed E-state index contributed by atoms with van der Waals surface area (Å²) in [6.45, 7) is -1.24. The van der Waals surface area contributed by atoms with Crippen LogP contribution in [0.25, 0.3) is 0 Å². The standard InChI is InChI=1S/C33H38O16/c1-43-24-13-18(5-8-23(24)36)30(41)46-12-10-20-21(14-26(37)45-11-9-17-3-6-19(35)7-4-17)22(31(42)44-2)16-47-32(20)49-33-29(40)28(39)27(38)25(15-34)48-33/h3-8,10,13,16,21,25,27-29,32-36,38-40H,9,11-12,14-15H2,1-2H3/b20-10-/t21?,25-,27-,28+,29-,32?,33+/m1/s1. The van der Waals surface area contributed by atoms with E-state index in [0.717, 1.165) is 18.9 Å². The van der Waals surface area contributed by atoms with Gasteiger partial charge in [-0.15, -0.1) is 0 Å². The van der Waals surface area contributed by atoms with Gasteiger partial charge in [0, 0.05) is 17.9 Å². The van der Waals surface area contributed by atoms with Crippen molar-refractivity contribution < 1.29 is 78.2 Å². The Balaban J connectivity index is 1.59. The summed E-state index contributed by atoms with van der Waals surface area (Å²) in [5.74, 6) is -3.68. The number of aliphatic hydroxyl groups is 4. The third-order valence-corrected chi connectivity index (χ3v) is 7.81. The summed E-state index contributed by atoms with van der Waals surface area (Å²) < 4.78 is 37.6. The summed E-state index contributed by atoms with van der Waals surface area (Å²) in [5.41, 5.74) is 0.721. The van der Waals surface area contributed by atoms with E-state index in [1.807, 2.05) is 0 Å². The Morgan fingerprint density at radius 1 is 0.918 bits per heavy atom. The van der Waals surface area contributed by atoms with Gasteiger partial charge in [0.05, 0.1) is 51.3 Å². The summed E-state index contributed by atoms with van der Waals surface area (Å²) in [5, 5.41) is 60.0. The number of carbonyl (C=O) groups is 3. The average Bonchev–Trinajstić information content (AvgIpc) is 3.10. The largest absolute Gasteiger partial charge is 0.508 e. The molecule has 4 rings (SSSR count). The van der Waals surface area contributed by atoms with E-state index in [4.69, 9.17) is 33.2 Å². The van der Waals surface area contributed by atoms with E-state index in [1.54, 1.807) is 12.1 Å². The fourth-order valence-electron chi connectivity index (χ4n) is 5.10. The van der Waals surface area contributed by atoms with Crippen molar-refractivity contribution in [2.75, 3.05) is 34.0 Å². The van der Waals surface area contributed by atoms with Crippen molar-refractivity contribution in [3.8, 4) is 17.2 Å². The van der Waals surface area contributed by atoms with Crippen LogP contribution in [0.1, 0.15) is 22.3 Å². The number of ether oxygens (including phenoxy) is 7. The summed E-state index contributed by atoms with van der Waals surface area (Å²) >= 11 is 0. The first-order chi connectivity index (χ1) is 23.5. The highest BCUT2D eigenvalue weighted by Crippen LogP contribution is 2.36. The number of esters is 3. The van der Waals surface area contributed by atoms with Crippen LogP contribution in [0.4, 0.5) is 0 Å². The Hall–Kier alpha value is -4.71. The van der Waals surface area contributed by atoms with Crippen LogP contribution in [0.2, 0.25) is 0 Å². The van der Waals surface area contributed by atoms with Crippen molar-refractivity contribution in [1.82, 2.24) is 0 Å². The van der Waals surface area contributed by atoms with Gasteiger partial charge in [-0.3, -0.25) is 4.79 Å². The molecule has 1 saturated heterocycles. The summed E-state index contributed by atoms with van der Waals surface area (Å²) in [6, 6.07) is 10.1. The van der Waals surface area contributed by atoms with Gasteiger partial charge in [-0.1, -0.05) is 12.1 Å². The highest BCUT2D eigenvalue weighted by atomic mass is 16.8. The molecule has 7 atom stereocenters. The van der Waals surface area contributed by atoms with Gasteiger partial charge < -0.3 is 63.8 Å². The predicted molar refractivity (Wildman–Crippen MR) is 164 cm³/mol. The minimum absolute atomic E-state index is 0.0262. The van der Waals surface area contributed by atoms with E-state index in [-0.39, 0.29) is 40.6 Å². The number of aromatic hydroxyl groups is 2. The molecule has 2 heterocycles. The maximum Gasteiger partial charge on any atom is 0.338 e. The van der Waals surface area contributed by atoms with Crippen LogP contribution in [0.3, 0.4) is 0 Å².